The van der Waals surface area contributed by atoms with E-state index in [9.17, 15) is 9.18 Å². The van der Waals surface area contributed by atoms with E-state index in [0.717, 1.165) is 16.5 Å². The fourth-order valence-electron chi connectivity index (χ4n) is 3.33. The van der Waals surface area contributed by atoms with E-state index in [1.165, 1.54) is 6.20 Å². The van der Waals surface area contributed by atoms with Crippen molar-refractivity contribution in [2.45, 2.75) is 39.5 Å². The molecule has 8 heteroatoms. The zero-order valence-electron chi connectivity index (χ0n) is 18.9. The van der Waals surface area contributed by atoms with Crippen LogP contribution in [-0.2, 0) is 22.6 Å². The Labute approximate surface area is 187 Å². The summed E-state index contributed by atoms with van der Waals surface area (Å²) in [5.41, 5.74) is 2.21. The van der Waals surface area contributed by atoms with Gasteiger partial charge in [0.15, 0.2) is 0 Å². The highest BCUT2D eigenvalue weighted by Gasteiger charge is 2.16. The van der Waals surface area contributed by atoms with Gasteiger partial charge in [-0.2, -0.15) is 4.39 Å². The highest BCUT2D eigenvalue weighted by Crippen LogP contribution is 2.20. The fraction of sp³-hybridized carbons (Fsp3) is 0.417. The first-order valence-corrected chi connectivity index (χ1v) is 10.7. The van der Waals surface area contributed by atoms with E-state index < -0.39 is 17.6 Å². The van der Waals surface area contributed by atoms with Crippen molar-refractivity contribution >= 4 is 17.0 Å². The fourth-order valence-corrected chi connectivity index (χ4v) is 3.33. The van der Waals surface area contributed by atoms with Gasteiger partial charge in [-0.15, -0.1) is 0 Å². The monoisotopic (exact) mass is 442 g/mol. The van der Waals surface area contributed by atoms with Gasteiger partial charge in [0.25, 0.3) is 0 Å². The number of hydrogen-bond donors (Lipinski definition) is 2. The number of alkyl carbamates (subject to hydrolysis) is 1. The van der Waals surface area contributed by atoms with Gasteiger partial charge in [-0.1, -0.05) is 24.3 Å². The number of aromatic amines is 1. The molecule has 0 fully saturated rings. The maximum atomic E-state index is 14.1. The number of ether oxygens (including phenoxy) is 2. The van der Waals surface area contributed by atoms with Crippen LogP contribution in [0.25, 0.3) is 10.9 Å². The minimum absolute atomic E-state index is 0.356. The van der Waals surface area contributed by atoms with Crippen molar-refractivity contribution in [3.05, 3.63) is 65.9 Å². The average molecular weight is 443 g/mol. The van der Waals surface area contributed by atoms with Crippen LogP contribution >= 0.6 is 0 Å². The van der Waals surface area contributed by atoms with Crippen molar-refractivity contribution in [1.29, 1.82) is 0 Å². The summed E-state index contributed by atoms with van der Waals surface area (Å²) in [5, 5.41) is 3.81. The summed E-state index contributed by atoms with van der Waals surface area (Å²) in [6, 6.07) is 11.6. The molecule has 0 saturated heterocycles. The lowest BCUT2D eigenvalue weighted by molar-refractivity contribution is 0.0488. The normalized spacial score (nSPS) is 11.8. The van der Waals surface area contributed by atoms with Crippen molar-refractivity contribution in [2.24, 2.45) is 0 Å². The molecular formula is C24H31FN4O3. The second kappa shape index (κ2) is 11.1. The Morgan fingerprint density at radius 1 is 1.12 bits per heavy atom. The number of carbonyl (C=O) groups is 1. The second-order valence-corrected chi connectivity index (χ2v) is 8.56. The molecule has 1 amide bonds. The molecule has 3 rings (SSSR count). The molecule has 32 heavy (non-hydrogen) atoms. The summed E-state index contributed by atoms with van der Waals surface area (Å²) in [6.45, 7) is 8.26. The maximum absolute atomic E-state index is 14.1. The number of nitrogens with one attached hydrogen (secondary N) is 2. The van der Waals surface area contributed by atoms with Gasteiger partial charge < -0.3 is 19.8 Å². The van der Waals surface area contributed by atoms with Crippen molar-refractivity contribution in [3.63, 3.8) is 0 Å². The number of rotatable bonds is 10. The molecule has 0 radical (unpaired) electrons. The van der Waals surface area contributed by atoms with Gasteiger partial charge in [-0.3, -0.25) is 4.90 Å². The predicted molar refractivity (Wildman–Crippen MR) is 122 cm³/mol. The number of aromatic nitrogens is 2. The van der Waals surface area contributed by atoms with Gasteiger partial charge in [0.05, 0.1) is 13.2 Å². The predicted octanol–water partition coefficient (Wildman–Crippen LogP) is 4.25. The molecule has 1 aromatic carbocycles. The van der Waals surface area contributed by atoms with Crippen molar-refractivity contribution < 1.29 is 18.7 Å². The number of para-hydroxylation sites is 1. The van der Waals surface area contributed by atoms with Crippen LogP contribution in [0.3, 0.4) is 0 Å². The highest BCUT2D eigenvalue weighted by molar-refractivity contribution is 5.82. The molecule has 2 heterocycles. The topological polar surface area (TPSA) is 79.5 Å². The minimum Gasteiger partial charge on any atom is -0.444 e. The number of pyridine rings is 1. The van der Waals surface area contributed by atoms with Crippen molar-refractivity contribution in [2.75, 3.05) is 26.3 Å². The largest absolute Gasteiger partial charge is 0.444 e. The first-order valence-electron chi connectivity index (χ1n) is 10.7. The van der Waals surface area contributed by atoms with Crippen LogP contribution in [0, 0.1) is 5.95 Å². The van der Waals surface area contributed by atoms with Crippen molar-refractivity contribution in [3.8, 4) is 0 Å². The highest BCUT2D eigenvalue weighted by atomic mass is 19.1. The molecule has 0 bridgehead atoms. The van der Waals surface area contributed by atoms with E-state index in [1.807, 2.05) is 45.2 Å². The third-order valence-corrected chi connectivity index (χ3v) is 4.77. The van der Waals surface area contributed by atoms with E-state index in [1.54, 1.807) is 12.1 Å². The molecule has 2 aromatic heterocycles. The van der Waals surface area contributed by atoms with Gasteiger partial charge in [0.1, 0.15) is 5.60 Å². The Kier molecular flexibility index (Phi) is 8.19. The van der Waals surface area contributed by atoms with Crippen LogP contribution in [0.2, 0.25) is 0 Å². The molecule has 0 aliphatic carbocycles. The number of fused-ring (bicyclic) bond motifs is 1. The van der Waals surface area contributed by atoms with Crippen LogP contribution in [0.1, 0.15) is 31.9 Å². The van der Waals surface area contributed by atoms with E-state index in [4.69, 9.17) is 9.47 Å². The summed E-state index contributed by atoms with van der Waals surface area (Å²) in [4.78, 5) is 20.8. The number of H-pyrrole nitrogens is 1. The molecule has 2 N–H and O–H groups in total. The maximum Gasteiger partial charge on any atom is 0.407 e. The molecule has 0 aliphatic rings. The van der Waals surface area contributed by atoms with Gasteiger partial charge in [-0.05, 0) is 38.5 Å². The van der Waals surface area contributed by atoms with Crippen LogP contribution in [-0.4, -0.2) is 52.9 Å². The third-order valence-electron chi connectivity index (χ3n) is 4.77. The smallest absolute Gasteiger partial charge is 0.407 e. The Hall–Kier alpha value is -2.97. The number of hydrogen-bond acceptors (Lipinski definition) is 5. The number of halogens is 1. The van der Waals surface area contributed by atoms with E-state index >= 15 is 0 Å². The summed E-state index contributed by atoms with van der Waals surface area (Å²) in [6.07, 6.45) is 2.97. The molecule has 172 valence electrons. The van der Waals surface area contributed by atoms with Gasteiger partial charge in [-0.25, -0.2) is 9.78 Å². The summed E-state index contributed by atoms with van der Waals surface area (Å²) in [7, 11) is 0. The Bertz CT molecular complexity index is 1020. The van der Waals surface area contributed by atoms with Gasteiger partial charge in [0, 0.05) is 55.0 Å². The molecule has 0 spiro atoms. The average Bonchev–Trinajstić information content (AvgIpc) is 3.13. The molecular weight excluding hydrogens is 411 g/mol. The molecule has 7 nitrogen and oxygen atoms in total. The molecule has 0 aliphatic heterocycles. The number of nitrogens with zero attached hydrogens (tertiary/aromatic N) is 2. The molecule has 0 saturated carbocycles. The van der Waals surface area contributed by atoms with Gasteiger partial charge in [0.2, 0.25) is 5.95 Å². The Morgan fingerprint density at radius 3 is 2.69 bits per heavy atom. The standard InChI is InChI=1S/C24H31FN4O3/c1-24(2,3)32-23(30)27-11-13-31-14-12-29(16-18-7-6-10-26-22(18)25)17-19-15-28-21-9-5-4-8-20(19)21/h4-10,15,28H,11-14,16-17H2,1-3H3,(H,27,30). The lowest BCUT2D eigenvalue weighted by Crippen LogP contribution is -2.34. The summed E-state index contributed by atoms with van der Waals surface area (Å²) < 4.78 is 25.0. The number of amides is 1. The zero-order chi connectivity index (χ0) is 23.0. The van der Waals surface area contributed by atoms with Crippen LogP contribution < -0.4 is 5.32 Å². The van der Waals surface area contributed by atoms with E-state index in [-0.39, 0.29) is 0 Å². The SMILES string of the molecule is CC(C)(C)OC(=O)NCCOCCN(Cc1cccnc1F)Cc1c[nH]c2ccccc12. The number of carbonyl (C=O) groups excluding carboxylic acids is 1. The van der Waals surface area contributed by atoms with E-state index in [0.29, 0.717) is 45.0 Å². The summed E-state index contributed by atoms with van der Waals surface area (Å²) in [5.74, 6) is -0.459. The zero-order valence-corrected chi connectivity index (χ0v) is 18.9. The van der Waals surface area contributed by atoms with E-state index in [2.05, 4.69) is 26.3 Å². The number of benzene rings is 1. The van der Waals surface area contributed by atoms with Crippen LogP contribution in [0.15, 0.2) is 48.8 Å². The lowest BCUT2D eigenvalue weighted by atomic mass is 10.1. The summed E-state index contributed by atoms with van der Waals surface area (Å²) >= 11 is 0. The van der Waals surface area contributed by atoms with Crippen LogP contribution in [0.4, 0.5) is 9.18 Å². The second-order valence-electron chi connectivity index (χ2n) is 8.56. The minimum atomic E-state index is -0.532. The first-order chi connectivity index (χ1) is 15.3. The molecule has 0 atom stereocenters. The molecule has 0 unspecified atom stereocenters. The lowest BCUT2D eigenvalue weighted by Gasteiger charge is -2.22. The Morgan fingerprint density at radius 2 is 1.91 bits per heavy atom. The Balaban J connectivity index is 1.53. The molecule has 3 aromatic rings. The third kappa shape index (κ3) is 7.32. The quantitative estimate of drug-likeness (QED) is 0.363. The van der Waals surface area contributed by atoms with Gasteiger partial charge >= 0.3 is 6.09 Å². The first kappa shape index (κ1) is 23.7. The van der Waals surface area contributed by atoms with Crippen molar-refractivity contribution in [1.82, 2.24) is 20.2 Å². The van der Waals surface area contributed by atoms with Crippen LogP contribution in [0.5, 0.6) is 0 Å².